The Bertz CT molecular complexity index is 1130. The molecule has 0 aliphatic rings. The summed E-state index contributed by atoms with van der Waals surface area (Å²) >= 11 is 0. The van der Waals surface area contributed by atoms with E-state index in [1.165, 1.54) is 0 Å². The highest BCUT2D eigenvalue weighted by Crippen LogP contribution is 2.22. The lowest BCUT2D eigenvalue weighted by Crippen LogP contribution is -2.07. The second-order valence-corrected chi connectivity index (χ2v) is 6.92. The minimum Gasteiger partial charge on any atom is -0.459 e. The fourth-order valence-corrected chi connectivity index (χ4v) is 2.86. The number of carbonyl (C=O) groups is 1. The predicted molar refractivity (Wildman–Crippen MR) is 109 cm³/mol. The number of hydrogen-bond donors (Lipinski definition) is 0. The number of carbonyl (C=O) groups excluding carboxylic acids is 1. The molecule has 0 N–H and O–H groups in total. The number of nitrogens with zero attached hydrogens (tertiary/aromatic N) is 3. The molecular weight excluding hydrogens is 382 g/mol. The summed E-state index contributed by atoms with van der Waals surface area (Å²) in [6.07, 6.45) is 0.447. The van der Waals surface area contributed by atoms with E-state index < -0.39 is 0 Å². The molecule has 0 fully saturated rings. The summed E-state index contributed by atoms with van der Waals surface area (Å²) in [7, 11) is 0. The van der Waals surface area contributed by atoms with Crippen LogP contribution in [0.4, 0.5) is 0 Å². The van der Waals surface area contributed by atoms with E-state index in [1.54, 1.807) is 6.92 Å². The van der Waals surface area contributed by atoms with Crippen LogP contribution in [0.25, 0.3) is 22.9 Å². The van der Waals surface area contributed by atoms with Crippen molar-refractivity contribution in [2.75, 3.05) is 0 Å². The number of aryl methyl sites for hydroxylation is 3. The largest absolute Gasteiger partial charge is 0.459 e. The molecule has 30 heavy (non-hydrogen) atoms. The third-order valence-electron chi connectivity index (χ3n) is 4.59. The summed E-state index contributed by atoms with van der Waals surface area (Å²) in [4.78, 5) is 16.6. The zero-order chi connectivity index (χ0) is 20.9. The summed E-state index contributed by atoms with van der Waals surface area (Å²) in [5.41, 5.74) is 3.47. The van der Waals surface area contributed by atoms with Gasteiger partial charge in [0.15, 0.2) is 0 Å². The third kappa shape index (κ3) is 4.63. The molecule has 2 heterocycles. The molecule has 4 aromatic rings. The van der Waals surface area contributed by atoms with Crippen molar-refractivity contribution in [1.29, 1.82) is 0 Å². The Balaban J connectivity index is 1.30. The van der Waals surface area contributed by atoms with E-state index in [2.05, 4.69) is 15.2 Å². The molecule has 0 saturated carbocycles. The number of oxazole rings is 1. The molecule has 0 spiro atoms. The van der Waals surface area contributed by atoms with Crippen LogP contribution in [-0.4, -0.2) is 21.2 Å². The van der Waals surface area contributed by atoms with E-state index in [0.29, 0.717) is 35.5 Å². The Hall–Kier alpha value is -3.74. The normalized spacial score (nSPS) is 10.9. The molecular formula is C23H21N3O4. The highest BCUT2D eigenvalue weighted by Gasteiger charge is 2.15. The lowest BCUT2D eigenvalue weighted by atomic mass is 10.1. The fraction of sp³-hybridized carbons (Fsp3) is 0.217. The summed E-state index contributed by atoms with van der Waals surface area (Å²) in [5.74, 6) is 1.60. The van der Waals surface area contributed by atoms with Gasteiger partial charge >= 0.3 is 5.97 Å². The predicted octanol–water partition coefficient (Wildman–Crippen LogP) is 4.68. The van der Waals surface area contributed by atoms with Gasteiger partial charge in [-0.05, 0) is 38.1 Å². The number of rotatable bonds is 7. The Kier molecular flexibility index (Phi) is 5.70. The van der Waals surface area contributed by atoms with E-state index >= 15 is 0 Å². The SMILES string of the molecule is Cc1ccc(-c2nnc(CCC(=O)OCc3nc(-c4ccccc4)oc3C)o2)cc1. The summed E-state index contributed by atoms with van der Waals surface area (Å²) in [5, 5.41) is 8.04. The smallest absolute Gasteiger partial charge is 0.306 e. The first-order chi connectivity index (χ1) is 14.6. The molecule has 0 aliphatic heterocycles. The minimum absolute atomic E-state index is 0.0550. The van der Waals surface area contributed by atoms with Crippen molar-refractivity contribution in [3.63, 3.8) is 0 Å². The maximum atomic E-state index is 12.1. The molecule has 0 unspecified atom stereocenters. The molecule has 2 aromatic carbocycles. The van der Waals surface area contributed by atoms with Gasteiger partial charge in [-0.15, -0.1) is 10.2 Å². The maximum Gasteiger partial charge on any atom is 0.306 e. The van der Waals surface area contributed by atoms with Crippen molar-refractivity contribution in [1.82, 2.24) is 15.2 Å². The van der Waals surface area contributed by atoms with Crippen molar-refractivity contribution in [3.05, 3.63) is 77.5 Å². The van der Waals surface area contributed by atoms with Crippen LogP contribution in [0, 0.1) is 13.8 Å². The highest BCUT2D eigenvalue weighted by atomic mass is 16.5. The third-order valence-corrected chi connectivity index (χ3v) is 4.59. The molecule has 0 atom stereocenters. The van der Waals surface area contributed by atoms with Crippen LogP contribution in [0.5, 0.6) is 0 Å². The van der Waals surface area contributed by atoms with Crippen LogP contribution in [-0.2, 0) is 22.6 Å². The standard InChI is InChI=1S/C23H21N3O4/c1-15-8-10-18(11-9-15)23-26-25-20(30-23)12-13-21(27)28-14-19-16(2)29-22(24-19)17-6-4-3-5-7-17/h3-11H,12-14H2,1-2H3. The van der Waals surface area contributed by atoms with E-state index in [9.17, 15) is 4.79 Å². The van der Waals surface area contributed by atoms with Crippen LogP contribution < -0.4 is 0 Å². The van der Waals surface area contributed by atoms with Crippen LogP contribution >= 0.6 is 0 Å². The first kappa shape index (κ1) is 19.6. The van der Waals surface area contributed by atoms with Gasteiger partial charge in [-0.3, -0.25) is 4.79 Å². The van der Waals surface area contributed by atoms with Gasteiger partial charge in [0.1, 0.15) is 18.1 Å². The molecule has 0 radical (unpaired) electrons. The number of hydrogen-bond acceptors (Lipinski definition) is 7. The Morgan fingerprint density at radius 3 is 2.40 bits per heavy atom. The van der Waals surface area contributed by atoms with Crippen molar-refractivity contribution >= 4 is 5.97 Å². The van der Waals surface area contributed by atoms with Crippen LogP contribution in [0.15, 0.2) is 63.4 Å². The van der Waals surface area contributed by atoms with E-state index in [4.69, 9.17) is 13.6 Å². The first-order valence-corrected chi connectivity index (χ1v) is 9.65. The van der Waals surface area contributed by atoms with Gasteiger partial charge < -0.3 is 13.6 Å². The average molecular weight is 403 g/mol. The van der Waals surface area contributed by atoms with Crippen molar-refractivity contribution in [3.8, 4) is 22.9 Å². The fourth-order valence-electron chi connectivity index (χ4n) is 2.86. The van der Waals surface area contributed by atoms with Crippen LogP contribution in [0.3, 0.4) is 0 Å². The van der Waals surface area contributed by atoms with Crippen molar-refractivity contribution in [2.24, 2.45) is 0 Å². The topological polar surface area (TPSA) is 91.2 Å². The molecule has 4 rings (SSSR count). The van der Waals surface area contributed by atoms with Gasteiger partial charge in [0.25, 0.3) is 0 Å². The molecule has 152 valence electrons. The van der Waals surface area contributed by atoms with Gasteiger partial charge in [0, 0.05) is 17.5 Å². The van der Waals surface area contributed by atoms with Gasteiger partial charge in [-0.2, -0.15) is 0 Å². The maximum absolute atomic E-state index is 12.1. The van der Waals surface area contributed by atoms with E-state index in [1.807, 2.05) is 61.5 Å². The molecule has 2 aromatic heterocycles. The lowest BCUT2D eigenvalue weighted by molar-refractivity contribution is -0.145. The minimum atomic E-state index is -0.367. The number of aromatic nitrogens is 3. The van der Waals surface area contributed by atoms with Crippen molar-refractivity contribution in [2.45, 2.75) is 33.3 Å². The van der Waals surface area contributed by atoms with E-state index in [-0.39, 0.29) is 19.0 Å². The Morgan fingerprint density at radius 2 is 1.63 bits per heavy atom. The van der Waals surface area contributed by atoms with Crippen molar-refractivity contribution < 1.29 is 18.4 Å². The summed E-state index contributed by atoms with van der Waals surface area (Å²) < 4.78 is 16.6. The zero-order valence-corrected chi connectivity index (χ0v) is 16.8. The second-order valence-electron chi connectivity index (χ2n) is 6.92. The summed E-state index contributed by atoms with van der Waals surface area (Å²) in [6.45, 7) is 3.87. The van der Waals surface area contributed by atoms with Gasteiger partial charge in [0.05, 0.1) is 6.42 Å². The van der Waals surface area contributed by atoms with Crippen LogP contribution in [0.2, 0.25) is 0 Å². The van der Waals surface area contributed by atoms with Crippen LogP contribution in [0.1, 0.15) is 29.3 Å². The highest BCUT2D eigenvalue weighted by molar-refractivity contribution is 5.69. The molecule has 0 bridgehead atoms. The van der Waals surface area contributed by atoms with Gasteiger partial charge in [-0.1, -0.05) is 35.9 Å². The Morgan fingerprint density at radius 1 is 0.900 bits per heavy atom. The summed E-state index contributed by atoms with van der Waals surface area (Å²) in [6, 6.07) is 17.4. The quantitative estimate of drug-likeness (QED) is 0.414. The monoisotopic (exact) mass is 403 g/mol. The zero-order valence-electron chi connectivity index (χ0n) is 16.8. The average Bonchev–Trinajstić information content (AvgIpc) is 3.39. The van der Waals surface area contributed by atoms with Gasteiger partial charge in [0.2, 0.25) is 17.7 Å². The second kappa shape index (κ2) is 8.73. The number of esters is 1. The van der Waals surface area contributed by atoms with E-state index in [0.717, 1.165) is 16.7 Å². The van der Waals surface area contributed by atoms with Gasteiger partial charge in [-0.25, -0.2) is 4.98 Å². The first-order valence-electron chi connectivity index (χ1n) is 9.65. The molecule has 0 amide bonds. The molecule has 7 nitrogen and oxygen atoms in total. The Labute approximate surface area is 173 Å². The molecule has 0 saturated heterocycles. The molecule has 7 heteroatoms. The molecule has 0 aliphatic carbocycles. The number of benzene rings is 2. The number of ether oxygens (including phenoxy) is 1. The lowest BCUT2D eigenvalue weighted by Gasteiger charge is -2.01.